The summed E-state index contributed by atoms with van der Waals surface area (Å²) in [6.07, 6.45) is 2.55. The minimum absolute atomic E-state index is 0.639. The van der Waals surface area contributed by atoms with Gasteiger partial charge < -0.3 is 4.90 Å². The Morgan fingerprint density at radius 1 is 1.42 bits per heavy atom. The van der Waals surface area contributed by atoms with E-state index in [2.05, 4.69) is 28.0 Å². The smallest absolute Gasteiger partial charge is 0.126 e. The fraction of sp³-hybridized carbons (Fsp3) is 0.643. The molecule has 1 aliphatic heterocycles. The Morgan fingerprint density at radius 2 is 2.21 bits per heavy atom. The molecule has 1 fully saturated rings. The molecule has 0 aromatic carbocycles. The van der Waals surface area contributed by atoms with Crippen molar-refractivity contribution in [1.82, 2.24) is 14.9 Å². The van der Waals surface area contributed by atoms with Crippen LogP contribution < -0.4 is 0 Å². The van der Waals surface area contributed by atoms with Crippen molar-refractivity contribution in [2.45, 2.75) is 31.7 Å². The van der Waals surface area contributed by atoms with Gasteiger partial charge in [0.25, 0.3) is 0 Å². The van der Waals surface area contributed by atoms with Crippen LogP contribution >= 0.6 is 11.8 Å². The van der Waals surface area contributed by atoms with E-state index in [9.17, 15) is 5.26 Å². The van der Waals surface area contributed by atoms with Crippen molar-refractivity contribution < 1.29 is 0 Å². The Morgan fingerprint density at radius 3 is 2.89 bits per heavy atom. The number of piperidine rings is 1. The van der Waals surface area contributed by atoms with Gasteiger partial charge in [-0.25, -0.2) is 9.97 Å². The highest BCUT2D eigenvalue weighted by Gasteiger charge is 2.19. The molecule has 4 nitrogen and oxygen atoms in total. The first-order valence-corrected chi connectivity index (χ1v) is 7.65. The Hall–Kier alpha value is -1.12. The molecule has 0 radical (unpaired) electrons. The summed E-state index contributed by atoms with van der Waals surface area (Å²) in [5.74, 6) is 2.49. The molecule has 0 saturated carbocycles. The van der Waals surface area contributed by atoms with Crippen LogP contribution in [0.4, 0.5) is 0 Å². The second kappa shape index (κ2) is 6.36. The Bertz CT molecular complexity index is 495. The summed E-state index contributed by atoms with van der Waals surface area (Å²) < 4.78 is 0. The fourth-order valence-corrected chi connectivity index (χ4v) is 3.72. The number of thioether (sulfide) groups is 1. The van der Waals surface area contributed by atoms with Gasteiger partial charge in [-0.05, 0) is 46.2 Å². The second-order valence-corrected chi connectivity index (χ2v) is 6.24. The minimum Gasteiger partial charge on any atom is -0.306 e. The van der Waals surface area contributed by atoms with Crippen LogP contribution in [0.2, 0.25) is 0 Å². The topological polar surface area (TPSA) is 52.8 Å². The van der Waals surface area contributed by atoms with Gasteiger partial charge in [0.2, 0.25) is 0 Å². The largest absolute Gasteiger partial charge is 0.306 e. The molecule has 5 heteroatoms. The highest BCUT2D eigenvalue weighted by Crippen LogP contribution is 2.27. The van der Waals surface area contributed by atoms with E-state index >= 15 is 0 Å². The van der Waals surface area contributed by atoms with Crippen molar-refractivity contribution in [3.63, 3.8) is 0 Å². The summed E-state index contributed by atoms with van der Waals surface area (Å²) in [6, 6.07) is 2.23. The summed E-state index contributed by atoms with van der Waals surface area (Å²) in [5, 5.41) is 10.1. The van der Waals surface area contributed by atoms with Gasteiger partial charge in [0.15, 0.2) is 0 Å². The van der Waals surface area contributed by atoms with E-state index in [-0.39, 0.29) is 0 Å². The summed E-state index contributed by atoms with van der Waals surface area (Å²) >= 11 is 1.71. The van der Waals surface area contributed by atoms with Crippen molar-refractivity contribution in [3.05, 3.63) is 17.1 Å². The lowest BCUT2D eigenvalue weighted by Gasteiger charge is -2.29. The average molecular weight is 276 g/mol. The number of rotatable bonds is 3. The number of hydrogen-bond acceptors (Lipinski definition) is 5. The third-order valence-corrected chi connectivity index (χ3v) is 4.67. The second-order valence-electron chi connectivity index (χ2n) is 5.23. The molecule has 1 unspecified atom stereocenters. The van der Waals surface area contributed by atoms with Crippen LogP contribution in [-0.2, 0) is 0 Å². The first kappa shape index (κ1) is 14.3. The zero-order valence-electron chi connectivity index (χ0n) is 11.8. The van der Waals surface area contributed by atoms with E-state index in [1.54, 1.807) is 11.8 Å². The number of nitriles is 1. The molecule has 1 atom stereocenters. The zero-order valence-corrected chi connectivity index (χ0v) is 12.6. The third kappa shape index (κ3) is 3.68. The predicted octanol–water partition coefficient (Wildman–Crippen LogP) is 2.40. The van der Waals surface area contributed by atoms with Crippen molar-refractivity contribution >= 4 is 11.8 Å². The minimum atomic E-state index is 0.639. The summed E-state index contributed by atoms with van der Waals surface area (Å²) in [4.78, 5) is 11.1. The zero-order chi connectivity index (χ0) is 13.8. The first-order chi connectivity index (χ1) is 9.10. The molecular weight excluding hydrogens is 256 g/mol. The molecule has 1 aliphatic rings. The molecule has 1 aromatic rings. The normalized spacial score (nSPS) is 20.2. The Balaban J connectivity index is 2.05. The van der Waals surface area contributed by atoms with Crippen molar-refractivity contribution in [2.75, 3.05) is 25.9 Å². The Kier molecular flexibility index (Phi) is 4.78. The number of aryl methyl sites for hydroxylation is 2. The highest BCUT2D eigenvalue weighted by atomic mass is 32.2. The molecule has 0 amide bonds. The van der Waals surface area contributed by atoms with E-state index in [0.29, 0.717) is 11.5 Å². The van der Waals surface area contributed by atoms with Crippen LogP contribution in [0.1, 0.15) is 29.9 Å². The molecule has 2 heterocycles. The predicted molar refractivity (Wildman–Crippen MR) is 77.2 cm³/mol. The van der Waals surface area contributed by atoms with Gasteiger partial charge in [0.1, 0.15) is 22.5 Å². The summed E-state index contributed by atoms with van der Waals surface area (Å²) in [7, 11) is 2.18. The van der Waals surface area contributed by atoms with Crippen LogP contribution in [0.25, 0.3) is 0 Å². The van der Waals surface area contributed by atoms with Crippen molar-refractivity contribution in [3.8, 4) is 6.07 Å². The van der Waals surface area contributed by atoms with Gasteiger partial charge in [-0.3, -0.25) is 0 Å². The van der Waals surface area contributed by atoms with Gasteiger partial charge in [0, 0.05) is 12.3 Å². The lowest BCUT2D eigenvalue weighted by Crippen LogP contribution is -2.33. The third-order valence-electron chi connectivity index (χ3n) is 3.46. The first-order valence-electron chi connectivity index (χ1n) is 6.67. The maximum Gasteiger partial charge on any atom is 0.126 e. The van der Waals surface area contributed by atoms with Crippen LogP contribution in [-0.4, -0.2) is 40.8 Å². The van der Waals surface area contributed by atoms with E-state index in [4.69, 9.17) is 0 Å². The summed E-state index contributed by atoms with van der Waals surface area (Å²) in [6.45, 7) is 6.12. The number of aromatic nitrogens is 2. The molecule has 0 spiro atoms. The lowest BCUT2D eigenvalue weighted by molar-refractivity contribution is 0.224. The van der Waals surface area contributed by atoms with Crippen LogP contribution in [0.3, 0.4) is 0 Å². The molecule has 0 bridgehead atoms. The lowest BCUT2D eigenvalue weighted by atomic mass is 10.0. The van der Waals surface area contributed by atoms with E-state index < -0.39 is 0 Å². The number of nitrogens with zero attached hydrogens (tertiary/aromatic N) is 4. The highest BCUT2D eigenvalue weighted by molar-refractivity contribution is 7.99. The molecule has 102 valence electrons. The number of hydrogen-bond donors (Lipinski definition) is 0. The SMILES string of the molecule is Cc1nc(C)c(C#N)c(SCC2CCCN(C)C2)n1. The van der Waals surface area contributed by atoms with Gasteiger partial charge in [-0.15, -0.1) is 11.8 Å². The number of likely N-dealkylation sites (tertiary alicyclic amines) is 1. The molecule has 1 aromatic heterocycles. The van der Waals surface area contributed by atoms with Crippen molar-refractivity contribution in [2.24, 2.45) is 5.92 Å². The summed E-state index contributed by atoms with van der Waals surface area (Å²) in [5.41, 5.74) is 1.43. The molecule has 1 saturated heterocycles. The fourth-order valence-electron chi connectivity index (χ4n) is 2.52. The van der Waals surface area contributed by atoms with E-state index in [1.807, 2.05) is 13.8 Å². The van der Waals surface area contributed by atoms with E-state index in [0.717, 1.165) is 28.8 Å². The van der Waals surface area contributed by atoms with Crippen LogP contribution in [0.5, 0.6) is 0 Å². The molecular formula is C14H20N4S. The van der Waals surface area contributed by atoms with E-state index in [1.165, 1.54) is 19.4 Å². The molecule has 19 heavy (non-hydrogen) atoms. The molecule has 0 N–H and O–H groups in total. The standard InChI is InChI=1S/C14H20N4S/c1-10-13(7-15)14(17-11(2)16-10)19-9-12-5-4-6-18(3)8-12/h12H,4-6,8-9H2,1-3H3. The average Bonchev–Trinajstić information content (AvgIpc) is 2.36. The van der Waals surface area contributed by atoms with Gasteiger partial charge in [-0.2, -0.15) is 5.26 Å². The maximum atomic E-state index is 9.22. The molecule has 0 aliphatic carbocycles. The van der Waals surface area contributed by atoms with Crippen LogP contribution in [0, 0.1) is 31.1 Å². The maximum absolute atomic E-state index is 9.22. The van der Waals surface area contributed by atoms with Gasteiger partial charge in [0.05, 0.1) is 5.69 Å². The Labute approximate surface area is 119 Å². The van der Waals surface area contributed by atoms with Crippen LogP contribution in [0.15, 0.2) is 5.03 Å². The van der Waals surface area contributed by atoms with Crippen molar-refractivity contribution in [1.29, 1.82) is 5.26 Å². The monoisotopic (exact) mass is 276 g/mol. The van der Waals surface area contributed by atoms with Gasteiger partial charge >= 0.3 is 0 Å². The molecule has 2 rings (SSSR count). The quantitative estimate of drug-likeness (QED) is 0.627. The van der Waals surface area contributed by atoms with Gasteiger partial charge in [-0.1, -0.05) is 0 Å².